The molecule has 1 N–H and O–H groups in total. The lowest BCUT2D eigenvalue weighted by Gasteiger charge is -2.24. The number of benzene rings is 1. The molecule has 110 valence electrons. The molecule has 0 amide bonds. The highest BCUT2D eigenvalue weighted by atomic mass is 35.5. The maximum absolute atomic E-state index is 12.2. The van der Waals surface area contributed by atoms with Crippen LogP contribution >= 0.6 is 11.6 Å². The molecule has 0 unspecified atom stereocenters. The van der Waals surface area contributed by atoms with Gasteiger partial charge < -0.3 is 4.74 Å². The summed E-state index contributed by atoms with van der Waals surface area (Å²) < 4.78 is 32.3. The van der Waals surface area contributed by atoms with E-state index >= 15 is 0 Å². The number of hydrogen-bond donors (Lipinski definition) is 1. The van der Waals surface area contributed by atoms with Gasteiger partial charge in [-0.15, -0.1) is 0 Å². The lowest BCUT2D eigenvalue weighted by atomic mass is 10.1. The van der Waals surface area contributed by atoms with Crippen molar-refractivity contribution in [2.45, 2.75) is 31.3 Å². The molecule has 0 heterocycles. The Kier molecular flexibility index (Phi) is 5.54. The van der Waals surface area contributed by atoms with Gasteiger partial charge in [-0.05, 0) is 39.0 Å². The van der Waals surface area contributed by atoms with E-state index in [2.05, 4.69) is 4.72 Å². The first-order valence-electron chi connectivity index (χ1n) is 6.05. The van der Waals surface area contributed by atoms with E-state index in [-0.39, 0.29) is 22.0 Å². The Hall–Kier alpha value is -1.13. The minimum absolute atomic E-state index is 0.0747. The van der Waals surface area contributed by atoms with Crippen LogP contribution in [0, 0.1) is 11.3 Å². The third-order valence-corrected chi connectivity index (χ3v) is 4.46. The first-order chi connectivity index (χ1) is 9.22. The number of ether oxygens (including phenoxy) is 1. The molecule has 0 aliphatic rings. The molecule has 0 spiro atoms. The minimum atomic E-state index is -3.79. The fourth-order valence-electron chi connectivity index (χ4n) is 1.57. The van der Waals surface area contributed by atoms with Gasteiger partial charge in [0.2, 0.25) is 10.0 Å². The zero-order valence-corrected chi connectivity index (χ0v) is 13.2. The van der Waals surface area contributed by atoms with Crippen LogP contribution in [0.3, 0.4) is 0 Å². The average molecular weight is 317 g/mol. The average Bonchev–Trinajstić information content (AvgIpc) is 2.37. The summed E-state index contributed by atoms with van der Waals surface area (Å²) in [5, 5.41) is 8.89. The van der Waals surface area contributed by atoms with Crippen molar-refractivity contribution in [3.63, 3.8) is 0 Å². The Labute approximate surface area is 124 Å². The molecule has 0 fully saturated rings. The van der Waals surface area contributed by atoms with Crippen LogP contribution in [0.4, 0.5) is 0 Å². The van der Waals surface area contributed by atoms with Crippen molar-refractivity contribution in [1.82, 2.24) is 4.72 Å². The quantitative estimate of drug-likeness (QED) is 0.873. The molecule has 0 aliphatic heterocycles. The van der Waals surface area contributed by atoms with Gasteiger partial charge in [0, 0.05) is 13.2 Å². The highest BCUT2D eigenvalue weighted by Gasteiger charge is 2.24. The summed E-state index contributed by atoms with van der Waals surface area (Å²) >= 11 is 5.89. The van der Waals surface area contributed by atoms with Crippen molar-refractivity contribution in [3.8, 4) is 6.07 Å². The van der Waals surface area contributed by atoms with Crippen LogP contribution in [-0.4, -0.2) is 27.2 Å². The Morgan fingerprint density at radius 1 is 1.45 bits per heavy atom. The molecule has 5 nitrogen and oxygen atoms in total. The van der Waals surface area contributed by atoms with E-state index in [4.69, 9.17) is 21.6 Å². The first-order valence-corrected chi connectivity index (χ1v) is 7.91. The van der Waals surface area contributed by atoms with E-state index in [0.717, 1.165) is 0 Å². The van der Waals surface area contributed by atoms with Gasteiger partial charge in [0.15, 0.2) is 0 Å². The zero-order chi connectivity index (χ0) is 15.4. The topological polar surface area (TPSA) is 79.2 Å². The van der Waals surface area contributed by atoms with Gasteiger partial charge in [-0.25, -0.2) is 13.1 Å². The van der Waals surface area contributed by atoms with Crippen molar-refractivity contribution in [2.24, 2.45) is 0 Å². The second kappa shape index (κ2) is 6.55. The van der Waals surface area contributed by atoms with Crippen molar-refractivity contribution >= 4 is 21.6 Å². The summed E-state index contributed by atoms with van der Waals surface area (Å²) in [6, 6.07) is 5.99. The zero-order valence-electron chi connectivity index (χ0n) is 11.6. The van der Waals surface area contributed by atoms with Crippen LogP contribution < -0.4 is 4.72 Å². The summed E-state index contributed by atoms with van der Waals surface area (Å²) in [6.07, 6.45) is 0. The third-order valence-electron chi connectivity index (χ3n) is 2.57. The van der Waals surface area contributed by atoms with Gasteiger partial charge in [0.1, 0.15) is 4.90 Å². The number of nitriles is 1. The lowest BCUT2D eigenvalue weighted by Crippen LogP contribution is -2.40. The first kappa shape index (κ1) is 16.9. The van der Waals surface area contributed by atoms with Crippen LogP contribution in [0.5, 0.6) is 0 Å². The molecule has 0 saturated heterocycles. The fourth-order valence-corrected chi connectivity index (χ4v) is 3.29. The van der Waals surface area contributed by atoms with Gasteiger partial charge in [-0.3, -0.25) is 0 Å². The molecule has 20 heavy (non-hydrogen) atoms. The van der Waals surface area contributed by atoms with Crippen molar-refractivity contribution < 1.29 is 13.2 Å². The molecule has 7 heteroatoms. The fraction of sp³-hybridized carbons (Fsp3) is 0.462. The minimum Gasteiger partial charge on any atom is -0.375 e. The molecule has 0 radical (unpaired) electrons. The van der Waals surface area contributed by atoms with E-state index in [1.165, 1.54) is 18.2 Å². The second-order valence-corrected chi connectivity index (χ2v) is 6.92. The molecule has 0 saturated carbocycles. The normalized spacial score (nSPS) is 12.2. The summed E-state index contributed by atoms with van der Waals surface area (Å²) in [6.45, 7) is 6.00. The molecular weight excluding hydrogens is 300 g/mol. The number of halogens is 1. The number of nitrogens with one attached hydrogen (secondary N) is 1. The molecule has 1 rings (SSSR count). The van der Waals surface area contributed by atoms with E-state index in [0.29, 0.717) is 6.61 Å². The molecule has 0 aromatic heterocycles. The van der Waals surface area contributed by atoms with Crippen LogP contribution in [0.1, 0.15) is 26.3 Å². The number of nitrogens with zero attached hydrogens (tertiary/aromatic N) is 1. The highest BCUT2D eigenvalue weighted by Crippen LogP contribution is 2.22. The van der Waals surface area contributed by atoms with Crippen molar-refractivity contribution in [3.05, 3.63) is 28.8 Å². The molecular formula is C13H17ClN2O3S. The van der Waals surface area contributed by atoms with Gasteiger partial charge in [-0.2, -0.15) is 5.26 Å². The van der Waals surface area contributed by atoms with Crippen LogP contribution in [0.2, 0.25) is 5.02 Å². The molecule has 0 bridgehead atoms. The predicted octanol–water partition coefficient (Wildman–Crippen LogP) is 2.31. The summed E-state index contributed by atoms with van der Waals surface area (Å²) in [5.74, 6) is 0. The smallest absolute Gasteiger partial charge is 0.242 e. The molecule has 0 aliphatic carbocycles. The largest absolute Gasteiger partial charge is 0.375 e. The van der Waals surface area contributed by atoms with E-state index < -0.39 is 15.6 Å². The van der Waals surface area contributed by atoms with Gasteiger partial charge in [-0.1, -0.05) is 11.6 Å². The second-order valence-electron chi connectivity index (χ2n) is 4.77. The van der Waals surface area contributed by atoms with Crippen molar-refractivity contribution in [1.29, 1.82) is 5.26 Å². The molecule has 1 aromatic rings. The van der Waals surface area contributed by atoms with Gasteiger partial charge >= 0.3 is 0 Å². The number of sulfonamides is 1. The number of rotatable bonds is 6. The van der Waals surface area contributed by atoms with E-state index in [1.807, 2.05) is 13.0 Å². The Bertz CT molecular complexity index is 621. The van der Waals surface area contributed by atoms with Gasteiger partial charge in [0.25, 0.3) is 0 Å². The predicted molar refractivity (Wildman–Crippen MR) is 77.1 cm³/mol. The highest BCUT2D eigenvalue weighted by molar-refractivity contribution is 7.89. The number of hydrogen-bond acceptors (Lipinski definition) is 4. The maximum atomic E-state index is 12.2. The summed E-state index contributed by atoms with van der Waals surface area (Å²) in [5.41, 5.74) is -0.389. The SMILES string of the molecule is CCOC(C)(C)CNS(=O)(=O)c1cc(C#N)ccc1Cl. The van der Waals surface area contributed by atoms with Crippen molar-refractivity contribution in [2.75, 3.05) is 13.2 Å². The monoisotopic (exact) mass is 316 g/mol. The van der Waals surface area contributed by atoms with Gasteiger partial charge in [0.05, 0.1) is 22.3 Å². The van der Waals surface area contributed by atoms with E-state index in [1.54, 1.807) is 13.8 Å². The van der Waals surface area contributed by atoms with Crippen LogP contribution in [-0.2, 0) is 14.8 Å². The Morgan fingerprint density at radius 2 is 2.10 bits per heavy atom. The standard InChI is InChI=1S/C13H17ClN2O3S/c1-4-19-13(2,3)9-16-20(17,18)12-7-10(8-15)5-6-11(12)14/h5-7,16H,4,9H2,1-3H3. The van der Waals surface area contributed by atoms with E-state index in [9.17, 15) is 8.42 Å². The van der Waals surface area contributed by atoms with Crippen LogP contribution in [0.15, 0.2) is 23.1 Å². The third kappa shape index (κ3) is 4.46. The maximum Gasteiger partial charge on any atom is 0.242 e. The Morgan fingerprint density at radius 3 is 2.65 bits per heavy atom. The lowest BCUT2D eigenvalue weighted by molar-refractivity contribution is -0.00515. The molecule has 1 aromatic carbocycles. The van der Waals surface area contributed by atoms with Crippen LogP contribution in [0.25, 0.3) is 0 Å². The summed E-state index contributed by atoms with van der Waals surface area (Å²) in [7, 11) is -3.79. The molecule has 0 atom stereocenters. The Balaban J connectivity index is 2.98. The summed E-state index contributed by atoms with van der Waals surface area (Å²) in [4.78, 5) is -0.106.